The quantitative estimate of drug-likeness (QED) is 0.587. The van der Waals surface area contributed by atoms with Crippen molar-refractivity contribution in [2.45, 2.75) is 37.8 Å². The van der Waals surface area contributed by atoms with Gasteiger partial charge in [-0.15, -0.1) is 0 Å². The van der Waals surface area contributed by atoms with Crippen LogP contribution in [0.3, 0.4) is 0 Å². The molecule has 1 aromatic carbocycles. The van der Waals surface area contributed by atoms with Crippen molar-refractivity contribution in [3.05, 3.63) is 34.3 Å². The number of hydrogen-bond acceptors (Lipinski definition) is 3. The number of hydrogen-bond donors (Lipinski definition) is 2. The molecule has 0 aromatic heterocycles. The number of nitrogens with zero attached hydrogens (tertiary/aromatic N) is 1. The fourth-order valence-electron chi connectivity index (χ4n) is 3.95. The largest absolute Gasteiger partial charge is 0.465 e. The van der Waals surface area contributed by atoms with Crippen molar-refractivity contribution >= 4 is 27.8 Å². The van der Waals surface area contributed by atoms with Gasteiger partial charge in [-0.3, -0.25) is 4.79 Å². The number of amides is 1. The summed E-state index contributed by atoms with van der Waals surface area (Å²) in [5, 5.41) is 12.5. The fourth-order valence-corrected chi connectivity index (χ4v) is 4.22. The number of fused-ring (bicyclic) bond motifs is 2. The summed E-state index contributed by atoms with van der Waals surface area (Å²) in [6, 6.07) is 7.64. The molecule has 2 bridgehead atoms. The SMILES string of the molecule is O=C(CNCCC1C2CCC(C2)N1C(=O)O)c1ccc(Br)cc1. The third-order valence-corrected chi connectivity index (χ3v) is 5.56. The van der Waals surface area contributed by atoms with Crippen molar-refractivity contribution in [3.8, 4) is 0 Å². The van der Waals surface area contributed by atoms with E-state index in [1.165, 1.54) is 0 Å². The van der Waals surface area contributed by atoms with Crippen molar-refractivity contribution in [2.24, 2.45) is 5.92 Å². The second-order valence-electron chi connectivity index (χ2n) is 6.38. The van der Waals surface area contributed by atoms with Crippen molar-refractivity contribution in [3.63, 3.8) is 0 Å². The summed E-state index contributed by atoms with van der Waals surface area (Å²) < 4.78 is 0.951. The lowest BCUT2D eigenvalue weighted by molar-refractivity contribution is 0.0954. The second-order valence-corrected chi connectivity index (χ2v) is 7.30. The van der Waals surface area contributed by atoms with Gasteiger partial charge in [0.05, 0.1) is 6.54 Å². The molecule has 2 aliphatic rings. The van der Waals surface area contributed by atoms with Crippen LogP contribution in [-0.2, 0) is 0 Å². The predicted octanol–water partition coefficient (Wildman–Crippen LogP) is 3.14. The van der Waals surface area contributed by atoms with Crippen LogP contribution in [0.25, 0.3) is 0 Å². The Hall–Kier alpha value is -1.40. The summed E-state index contributed by atoms with van der Waals surface area (Å²) in [7, 11) is 0. The van der Waals surface area contributed by atoms with E-state index in [1.807, 2.05) is 12.1 Å². The number of benzene rings is 1. The fraction of sp³-hybridized carbons (Fsp3) is 0.529. The number of likely N-dealkylation sites (tertiary alicyclic amines) is 1. The Kier molecular flexibility index (Phi) is 5.02. The van der Waals surface area contributed by atoms with Crippen LogP contribution < -0.4 is 5.32 Å². The highest BCUT2D eigenvalue weighted by Gasteiger charge is 2.47. The number of ketones is 1. The van der Waals surface area contributed by atoms with Crippen LogP contribution in [0.2, 0.25) is 0 Å². The molecule has 1 amide bonds. The van der Waals surface area contributed by atoms with Crippen molar-refractivity contribution in [1.29, 1.82) is 0 Å². The molecule has 2 N–H and O–H groups in total. The minimum absolute atomic E-state index is 0.0560. The Bertz CT molecular complexity index is 590. The molecule has 1 aliphatic heterocycles. The molecule has 1 aliphatic carbocycles. The molecule has 124 valence electrons. The van der Waals surface area contributed by atoms with Crippen LogP contribution in [0.15, 0.2) is 28.7 Å². The molecule has 23 heavy (non-hydrogen) atoms. The van der Waals surface area contributed by atoms with Gasteiger partial charge in [-0.25, -0.2) is 4.79 Å². The first-order chi connectivity index (χ1) is 11.1. The van der Waals surface area contributed by atoms with Gasteiger partial charge in [-0.1, -0.05) is 28.1 Å². The molecular formula is C17H21BrN2O3. The molecule has 2 fully saturated rings. The van der Waals surface area contributed by atoms with Crippen LogP contribution in [0.5, 0.6) is 0 Å². The maximum Gasteiger partial charge on any atom is 0.407 e. The van der Waals surface area contributed by atoms with E-state index in [-0.39, 0.29) is 24.4 Å². The van der Waals surface area contributed by atoms with Crippen molar-refractivity contribution in [1.82, 2.24) is 10.2 Å². The van der Waals surface area contributed by atoms with E-state index in [4.69, 9.17) is 0 Å². The minimum Gasteiger partial charge on any atom is -0.465 e. The Morgan fingerprint density at radius 2 is 2.00 bits per heavy atom. The summed E-state index contributed by atoms with van der Waals surface area (Å²) >= 11 is 3.35. The lowest BCUT2D eigenvalue weighted by atomic mass is 9.96. The summed E-state index contributed by atoms with van der Waals surface area (Å²) in [6.07, 6.45) is 3.13. The molecule has 1 aromatic rings. The Balaban J connectivity index is 1.45. The summed E-state index contributed by atoms with van der Waals surface area (Å²) in [4.78, 5) is 25.1. The predicted molar refractivity (Wildman–Crippen MR) is 90.7 cm³/mol. The second kappa shape index (κ2) is 7.01. The smallest absolute Gasteiger partial charge is 0.407 e. The number of carbonyl (C=O) groups excluding carboxylic acids is 1. The Morgan fingerprint density at radius 3 is 2.70 bits per heavy atom. The highest BCUT2D eigenvalue weighted by Crippen LogP contribution is 2.43. The molecule has 1 saturated heterocycles. The third kappa shape index (κ3) is 3.58. The number of carbonyl (C=O) groups is 2. The van der Waals surface area contributed by atoms with Crippen LogP contribution in [0.4, 0.5) is 4.79 Å². The highest BCUT2D eigenvalue weighted by atomic mass is 79.9. The summed E-state index contributed by atoms with van der Waals surface area (Å²) in [6.45, 7) is 0.954. The van der Waals surface area contributed by atoms with Crippen molar-refractivity contribution in [2.75, 3.05) is 13.1 Å². The van der Waals surface area contributed by atoms with Gasteiger partial charge in [0.1, 0.15) is 0 Å². The van der Waals surface area contributed by atoms with Gasteiger partial charge in [0.15, 0.2) is 5.78 Å². The lowest BCUT2D eigenvalue weighted by Crippen LogP contribution is -2.45. The molecule has 3 unspecified atom stereocenters. The number of nitrogens with one attached hydrogen (secondary N) is 1. The molecule has 6 heteroatoms. The first-order valence-corrected chi connectivity index (χ1v) is 8.86. The van der Waals surface area contributed by atoms with Crippen LogP contribution in [0.1, 0.15) is 36.0 Å². The average Bonchev–Trinajstić information content (AvgIpc) is 3.13. The zero-order valence-electron chi connectivity index (χ0n) is 12.9. The molecule has 0 radical (unpaired) electrons. The number of piperidine rings is 1. The van der Waals surface area contributed by atoms with Gasteiger partial charge in [0.25, 0.3) is 0 Å². The molecule has 1 heterocycles. The molecule has 3 atom stereocenters. The van der Waals surface area contributed by atoms with Crippen LogP contribution >= 0.6 is 15.9 Å². The van der Waals surface area contributed by atoms with Gasteiger partial charge >= 0.3 is 6.09 Å². The van der Waals surface area contributed by atoms with Crippen LogP contribution in [-0.4, -0.2) is 47.1 Å². The molecule has 1 saturated carbocycles. The van der Waals surface area contributed by atoms with Gasteiger partial charge in [-0.2, -0.15) is 0 Å². The first kappa shape index (κ1) is 16.5. The maximum absolute atomic E-state index is 12.1. The van der Waals surface area contributed by atoms with E-state index in [2.05, 4.69) is 21.2 Å². The lowest BCUT2D eigenvalue weighted by Gasteiger charge is -2.33. The van der Waals surface area contributed by atoms with E-state index < -0.39 is 6.09 Å². The van der Waals surface area contributed by atoms with E-state index in [0.29, 0.717) is 18.0 Å². The number of rotatable bonds is 6. The Morgan fingerprint density at radius 1 is 1.26 bits per heavy atom. The summed E-state index contributed by atoms with van der Waals surface area (Å²) in [5.41, 5.74) is 0.688. The monoisotopic (exact) mass is 380 g/mol. The number of carboxylic acid groups (broad SMARTS) is 1. The minimum atomic E-state index is -0.798. The van der Waals surface area contributed by atoms with E-state index in [9.17, 15) is 14.7 Å². The first-order valence-electron chi connectivity index (χ1n) is 8.07. The van der Waals surface area contributed by atoms with E-state index in [0.717, 1.165) is 30.2 Å². The third-order valence-electron chi connectivity index (χ3n) is 5.03. The normalized spacial score (nSPS) is 25.8. The average molecular weight is 381 g/mol. The van der Waals surface area contributed by atoms with Crippen molar-refractivity contribution < 1.29 is 14.7 Å². The zero-order valence-corrected chi connectivity index (χ0v) is 14.5. The highest BCUT2D eigenvalue weighted by molar-refractivity contribution is 9.10. The van der Waals surface area contributed by atoms with E-state index in [1.54, 1.807) is 17.0 Å². The number of halogens is 1. The summed E-state index contributed by atoms with van der Waals surface area (Å²) in [5.74, 6) is 0.556. The number of Topliss-reactive ketones (excluding diaryl/α,β-unsaturated/α-hetero) is 1. The maximum atomic E-state index is 12.1. The van der Waals surface area contributed by atoms with Gasteiger partial charge in [0.2, 0.25) is 0 Å². The van der Waals surface area contributed by atoms with Gasteiger partial charge < -0.3 is 15.3 Å². The van der Waals surface area contributed by atoms with Crippen LogP contribution in [0, 0.1) is 5.92 Å². The molecular weight excluding hydrogens is 360 g/mol. The zero-order chi connectivity index (χ0) is 16.4. The van der Waals surface area contributed by atoms with Gasteiger partial charge in [0, 0.05) is 22.1 Å². The topological polar surface area (TPSA) is 69.6 Å². The standard InChI is InChI=1S/C17H21BrN2O3/c18-13-4-1-11(2-5-13)16(21)10-19-8-7-15-12-3-6-14(9-12)20(15)17(22)23/h1-2,4-5,12,14-15,19H,3,6-10H2,(H,22,23). The molecule has 0 spiro atoms. The molecule has 3 rings (SSSR count). The van der Waals surface area contributed by atoms with Gasteiger partial charge in [-0.05, 0) is 50.3 Å². The Labute approximate surface area is 144 Å². The molecule has 5 nitrogen and oxygen atoms in total. The van der Waals surface area contributed by atoms with E-state index >= 15 is 0 Å².